The third-order valence-corrected chi connectivity index (χ3v) is 8.59. The van der Waals surface area contributed by atoms with Gasteiger partial charge in [-0.05, 0) is 45.9 Å². The summed E-state index contributed by atoms with van der Waals surface area (Å²) in [5, 5.41) is 2.55. The second-order valence-electron chi connectivity index (χ2n) is 9.00. The summed E-state index contributed by atoms with van der Waals surface area (Å²) in [6.07, 6.45) is -0.748. The first kappa shape index (κ1) is 23.1. The van der Waals surface area contributed by atoms with Crippen molar-refractivity contribution in [2.24, 2.45) is 4.99 Å². The molecule has 1 aromatic rings. The zero-order valence-corrected chi connectivity index (χ0v) is 20.0. The van der Waals surface area contributed by atoms with E-state index in [4.69, 9.17) is 9.47 Å². The van der Waals surface area contributed by atoms with Gasteiger partial charge in [0, 0.05) is 30.0 Å². The van der Waals surface area contributed by atoms with Crippen LogP contribution in [-0.4, -0.2) is 49.7 Å². The Hall–Kier alpha value is -1.52. The molecule has 0 bridgehead atoms. The van der Waals surface area contributed by atoms with Crippen molar-refractivity contribution in [3.05, 3.63) is 34.1 Å². The highest BCUT2D eigenvalue weighted by molar-refractivity contribution is 9.10. The maximum Gasteiger partial charge on any atom is 0.413 e. The minimum Gasteiger partial charge on any atom is -0.444 e. The number of carbonyl (C=O) groups is 1. The maximum atomic E-state index is 14.7. The third kappa shape index (κ3) is 4.13. The fourth-order valence-corrected chi connectivity index (χ4v) is 6.78. The molecule has 1 amide bonds. The second kappa shape index (κ2) is 7.56. The molecule has 1 fully saturated rings. The summed E-state index contributed by atoms with van der Waals surface area (Å²) in [6.45, 7) is 6.65. The number of carbonyl (C=O) groups excluding carboxylic acids is 1. The predicted molar refractivity (Wildman–Crippen MR) is 115 cm³/mol. The quantitative estimate of drug-likeness (QED) is 0.662. The van der Waals surface area contributed by atoms with Gasteiger partial charge in [0.25, 0.3) is 0 Å². The van der Waals surface area contributed by atoms with Gasteiger partial charge in [0.05, 0.1) is 11.9 Å². The Labute approximate surface area is 184 Å². The van der Waals surface area contributed by atoms with Gasteiger partial charge in [0.1, 0.15) is 27.5 Å². The van der Waals surface area contributed by atoms with Crippen molar-refractivity contribution in [2.45, 2.75) is 62.5 Å². The molecule has 30 heavy (non-hydrogen) atoms. The Morgan fingerprint density at radius 2 is 1.97 bits per heavy atom. The minimum atomic E-state index is -3.82. The molecule has 2 aliphatic rings. The average Bonchev–Trinajstić information content (AvgIpc) is 2.52. The third-order valence-electron chi connectivity index (χ3n) is 5.43. The number of aliphatic imine (C=N–C) groups is 1. The number of halogens is 2. The lowest BCUT2D eigenvalue weighted by molar-refractivity contribution is 0.0274. The van der Waals surface area contributed by atoms with E-state index in [0.29, 0.717) is 4.47 Å². The number of alkyl carbamates (subject to hydrolysis) is 1. The highest BCUT2D eigenvalue weighted by atomic mass is 79.9. The van der Waals surface area contributed by atoms with Crippen molar-refractivity contribution in [1.29, 1.82) is 0 Å². The summed E-state index contributed by atoms with van der Waals surface area (Å²) >= 11 is 3.30. The van der Waals surface area contributed by atoms with E-state index in [9.17, 15) is 17.6 Å². The lowest BCUT2D eigenvalue weighted by atomic mass is 9.79. The van der Waals surface area contributed by atoms with Crippen molar-refractivity contribution in [2.75, 3.05) is 12.9 Å². The number of nitrogens with one attached hydrogen (secondary N) is 1. The Kier molecular flexibility index (Phi) is 5.83. The van der Waals surface area contributed by atoms with Crippen molar-refractivity contribution in [1.82, 2.24) is 5.32 Å². The van der Waals surface area contributed by atoms with E-state index in [1.54, 1.807) is 27.7 Å². The monoisotopic (exact) mass is 504 g/mol. The number of methoxy groups -OCH3 is 1. The molecule has 7 nitrogen and oxygen atoms in total. The minimum absolute atomic E-state index is 0.0295. The van der Waals surface area contributed by atoms with Gasteiger partial charge in [-0.15, -0.1) is 0 Å². The van der Waals surface area contributed by atoms with Crippen LogP contribution >= 0.6 is 15.9 Å². The van der Waals surface area contributed by atoms with Crippen molar-refractivity contribution in [3.63, 3.8) is 0 Å². The zero-order valence-electron chi connectivity index (χ0n) is 17.6. The van der Waals surface area contributed by atoms with E-state index in [1.165, 1.54) is 25.3 Å². The first-order chi connectivity index (χ1) is 13.7. The van der Waals surface area contributed by atoms with E-state index in [2.05, 4.69) is 26.2 Å². The summed E-state index contributed by atoms with van der Waals surface area (Å²) in [5.41, 5.74) is -2.07. The molecular formula is C20H26BrFN2O5S. The number of hydrogen-bond acceptors (Lipinski definition) is 6. The lowest BCUT2D eigenvalue weighted by Gasteiger charge is -2.50. The predicted octanol–water partition coefficient (Wildman–Crippen LogP) is 3.70. The van der Waals surface area contributed by atoms with Crippen molar-refractivity contribution in [3.8, 4) is 0 Å². The number of amidine groups is 1. The standard InChI is InChI=1S/C20H26BrFN2O5S/c1-18(2,3)29-17(25)23-16-20(9-13(10-20)28-5)30(26,27)11-19(4,24-16)14-8-12(21)6-7-15(14)22/h6-8,13H,9-11H2,1-5H3,(H,23,24,25)/t13?,19-,20?/m0/s1. The second-order valence-corrected chi connectivity index (χ2v) is 12.2. The molecule has 166 valence electrons. The smallest absolute Gasteiger partial charge is 0.413 e. The van der Waals surface area contributed by atoms with Crippen LogP contribution in [-0.2, 0) is 24.8 Å². The van der Waals surface area contributed by atoms with E-state index in [-0.39, 0.29) is 36.1 Å². The molecule has 0 aromatic heterocycles. The summed E-state index contributed by atoms with van der Waals surface area (Å²) < 4.78 is 51.3. The molecule has 1 aromatic carbocycles. The summed E-state index contributed by atoms with van der Waals surface area (Å²) in [6, 6.07) is 4.29. The molecule has 3 rings (SSSR count). The molecule has 1 aliphatic carbocycles. The van der Waals surface area contributed by atoms with Crippen LogP contribution in [0.5, 0.6) is 0 Å². The molecule has 10 heteroatoms. The largest absolute Gasteiger partial charge is 0.444 e. The molecule has 1 saturated carbocycles. The fourth-order valence-electron chi connectivity index (χ4n) is 3.92. The lowest BCUT2D eigenvalue weighted by Crippen LogP contribution is -2.67. The van der Waals surface area contributed by atoms with Gasteiger partial charge in [0.2, 0.25) is 0 Å². The van der Waals surface area contributed by atoms with Crippen LogP contribution in [0.1, 0.15) is 46.1 Å². The zero-order chi connectivity index (χ0) is 22.5. The van der Waals surface area contributed by atoms with Gasteiger partial charge in [-0.1, -0.05) is 15.9 Å². The van der Waals surface area contributed by atoms with Crippen LogP contribution < -0.4 is 5.32 Å². The van der Waals surface area contributed by atoms with Gasteiger partial charge in [-0.3, -0.25) is 10.3 Å². The molecule has 1 heterocycles. The Morgan fingerprint density at radius 1 is 1.33 bits per heavy atom. The normalized spacial score (nSPS) is 30.4. The van der Waals surface area contributed by atoms with E-state index >= 15 is 0 Å². The SMILES string of the molecule is COC1CC2(C1)C(NC(=O)OC(C)(C)C)=N[C@](C)(c1cc(Br)ccc1F)CS2(=O)=O. The Bertz CT molecular complexity index is 999. The number of nitrogens with zero attached hydrogens (tertiary/aromatic N) is 1. The Balaban J connectivity index is 2.11. The first-order valence-electron chi connectivity index (χ1n) is 9.52. The highest BCUT2D eigenvalue weighted by Crippen LogP contribution is 2.48. The van der Waals surface area contributed by atoms with Crippen LogP contribution in [0.15, 0.2) is 27.7 Å². The number of amides is 1. The number of ether oxygens (including phenoxy) is 2. The van der Waals surface area contributed by atoms with Crippen LogP contribution in [0.3, 0.4) is 0 Å². The molecule has 1 spiro atoms. The summed E-state index contributed by atoms with van der Waals surface area (Å²) in [7, 11) is -2.31. The van der Waals surface area contributed by atoms with Gasteiger partial charge >= 0.3 is 6.09 Å². The van der Waals surface area contributed by atoms with Crippen LogP contribution in [0, 0.1) is 5.82 Å². The molecule has 1 aliphatic heterocycles. The van der Waals surface area contributed by atoms with Crippen molar-refractivity contribution >= 4 is 37.7 Å². The van der Waals surface area contributed by atoms with Gasteiger partial charge < -0.3 is 9.47 Å². The van der Waals surface area contributed by atoms with Gasteiger partial charge in [-0.25, -0.2) is 17.6 Å². The molecule has 1 N–H and O–H groups in total. The number of rotatable bonds is 2. The van der Waals surface area contributed by atoms with Crippen LogP contribution in [0.2, 0.25) is 0 Å². The molecule has 0 saturated heterocycles. The first-order valence-corrected chi connectivity index (χ1v) is 12.0. The molecule has 0 unspecified atom stereocenters. The number of benzene rings is 1. The average molecular weight is 505 g/mol. The number of hydrogen-bond donors (Lipinski definition) is 1. The maximum absolute atomic E-state index is 14.7. The highest BCUT2D eigenvalue weighted by Gasteiger charge is 2.63. The van der Waals surface area contributed by atoms with E-state index in [0.717, 1.165) is 0 Å². The summed E-state index contributed by atoms with van der Waals surface area (Å²) in [5.74, 6) is -0.989. The molecule has 1 atom stereocenters. The van der Waals surface area contributed by atoms with Crippen molar-refractivity contribution < 1.29 is 27.1 Å². The topological polar surface area (TPSA) is 94.1 Å². The van der Waals surface area contributed by atoms with Gasteiger partial charge in [0.15, 0.2) is 9.84 Å². The summed E-state index contributed by atoms with van der Waals surface area (Å²) in [4.78, 5) is 17.1. The van der Waals surface area contributed by atoms with E-state index < -0.39 is 37.6 Å². The van der Waals surface area contributed by atoms with Gasteiger partial charge in [-0.2, -0.15) is 0 Å². The fraction of sp³-hybridized carbons (Fsp3) is 0.600. The van der Waals surface area contributed by atoms with Crippen LogP contribution in [0.25, 0.3) is 0 Å². The molecular weight excluding hydrogens is 479 g/mol. The Morgan fingerprint density at radius 3 is 2.53 bits per heavy atom. The van der Waals surface area contributed by atoms with E-state index in [1.807, 2.05) is 0 Å². The van der Waals surface area contributed by atoms with Crippen LogP contribution in [0.4, 0.5) is 9.18 Å². The number of sulfone groups is 1. The molecule has 0 radical (unpaired) electrons.